The van der Waals surface area contributed by atoms with Crippen molar-refractivity contribution in [2.45, 2.75) is 31.7 Å². The van der Waals surface area contributed by atoms with Crippen molar-refractivity contribution in [3.8, 4) is 5.75 Å². The summed E-state index contributed by atoms with van der Waals surface area (Å²) in [4.78, 5) is 37.2. The van der Waals surface area contributed by atoms with Crippen molar-refractivity contribution in [1.82, 2.24) is 14.8 Å². The first-order valence-electron chi connectivity index (χ1n) is 13.6. The van der Waals surface area contributed by atoms with Crippen LogP contribution in [0.4, 0.5) is 15.0 Å². The van der Waals surface area contributed by atoms with Crippen molar-refractivity contribution in [3.05, 3.63) is 87.2 Å². The first kappa shape index (κ1) is 29.4. The monoisotopic (exact) mass is 618 g/mol. The highest BCUT2D eigenvalue weighted by Crippen LogP contribution is 2.36. The smallest absolute Gasteiger partial charge is 0.410 e. The van der Waals surface area contributed by atoms with E-state index in [2.05, 4.69) is 9.88 Å². The van der Waals surface area contributed by atoms with Gasteiger partial charge in [0, 0.05) is 50.8 Å². The predicted molar refractivity (Wildman–Crippen MR) is 159 cm³/mol. The summed E-state index contributed by atoms with van der Waals surface area (Å²) >= 11 is 18.5. The molecule has 2 saturated heterocycles. The number of anilines is 1. The van der Waals surface area contributed by atoms with E-state index >= 15 is 0 Å². The average molecular weight is 620 g/mol. The summed E-state index contributed by atoms with van der Waals surface area (Å²) in [6.07, 6.45) is 2.46. The number of amides is 2. The number of rotatable bonds is 6. The van der Waals surface area contributed by atoms with Gasteiger partial charge in [0.15, 0.2) is 0 Å². The van der Waals surface area contributed by atoms with Gasteiger partial charge >= 0.3 is 6.09 Å². The number of hydrogen-bond acceptors (Lipinski definition) is 5. The van der Waals surface area contributed by atoms with Gasteiger partial charge in [-0.15, -0.1) is 0 Å². The summed E-state index contributed by atoms with van der Waals surface area (Å²) < 4.78 is 19.0. The standard InChI is InChI=1S/C30H30Cl3FN4O3/c1-2-38(30(40)41-23-7-5-22(34)6-8-23)27-18-37(17-24(27)20-3-9-25(32)26(33)15-20)29(39)19-11-13-36(14-12-19)28-10-4-21(31)16-35-28/h3-10,15-16,19,24,27H,2,11-14,17-18H2,1H3/t24?,27-/m1/s1. The number of ether oxygens (including phenoxy) is 1. The third-order valence-corrected chi connectivity index (χ3v) is 8.81. The van der Waals surface area contributed by atoms with E-state index in [9.17, 15) is 14.0 Å². The molecule has 0 bridgehead atoms. The third kappa shape index (κ3) is 6.71. The molecule has 0 spiro atoms. The molecular weight excluding hydrogens is 590 g/mol. The van der Waals surface area contributed by atoms with Crippen LogP contribution in [-0.2, 0) is 4.79 Å². The first-order chi connectivity index (χ1) is 19.7. The zero-order chi connectivity index (χ0) is 29.1. The molecule has 0 aliphatic carbocycles. The van der Waals surface area contributed by atoms with Gasteiger partial charge in [0.2, 0.25) is 5.91 Å². The number of halogens is 4. The van der Waals surface area contributed by atoms with Crippen molar-refractivity contribution in [1.29, 1.82) is 0 Å². The molecule has 2 aromatic carbocycles. The summed E-state index contributed by atoms with van der Waals surface area (Å²) in [7, 11) is 0. The van der Waals surface area contributed by atoms with Gasteiger partial charge in [-0.3, -0.25) is 4.79 Å². The molecule has 0 saturated carbocycles. The highest BCUT2D eigenvalue weighted by atomic mass is 35.5. The maximum Gasteiger partial charge on any atom is 0.415 e. The van der Waals surface area contributed by atoms with E-state index in [4.69, 9.17) is 39.5 Å². The van der Waals surface area contributed by atoms with Gasteiger partial charge in [-0.2, -0.15) is 0 Å². The topological polar surface area (TPSA) is 66.0 Å². The lowest BCUT2D eigenvalue weighted by Gasteiger charge is -2.34. The van der Waals surface area contributed by atoms with Crippen LogP contribution in [0, 0.1) is 11.7 Å². The lowest BCUT2D eigenvalue weighted by atomic mass is 9.93. The fraction of sp³-hybridized carbons (Fsp3) is 0.367. The molecule has 2 aliphatic heterocycles. The molecule has 1 unspecified atom stereocenters. The summed E-state index contributed by atoms with van der Waals surface area (Å²) in [6.45, 7) is 4.43. The van der Waals surface area contributed by atoms with Gasteiger partial charge in [0.25, 0.3) is 0 Å². The van der Waals surface area contributed by atoms with Gasteiger partial charge in [0.1, 0.15) is 17.4 Å². The highest BCUT2D eigenvalue weighted by molar-refractivity contribution is 6.42. The van der Waals surface area contributed by atoms with Crippen LogP contribution in [0.2, 0.25) is 15.1 Å². The zero-order valence-electron chi connectivity index (χ0n) is 22.5. The Hall–Kier alpha value is -3.07. The maximum atomic E-state index is 13.8. The number of nitrogens with zero attached hydrogens (tertiary/aromatic N) is 4. The van der Waals surface area contributed by atoms with Crippen molar-refractivity contribution in [2.24, 2.45) is 5.92 Å². The van der Waals surface area contributed by atoms with Crippen LogP contribution < -0.4 is 9.64 Å². The van der Waals surface area contributed by atoms with Crippen molar-refractivity contribution >= 4 is 52.6 Å². The molecule has 2 fully saturated rings. The normalized spacial score (nSPS) is 19.3. The minimum atomic E-state index is -0.563. The molecule has 3 aromatic rings. The Kier molecular flexibility index (Phi) is 9.22. The lowest BCUT2D eigenvalue weighted by Crippen LogP contribution is -2.47. The second-order valence-corrected chi connectivity index (χ2v) is 11.5. The van der Waals surface area contributed by atoms with E-state index in [1.807, 2.05) is 30.0 Å². The summed E-state index contributed by atoms with van der Waals surface area (Å²) in [6, 6.07) is 14.1. The van der Waals surface area contributed by atoms with Gasteiger partial charge in [0.05, 0.1) is 21.1 Å². The van der Waals surface area contributed by atoms with E-state index in [-0.39, 0.29) is 29.5 Å². The minimum absolute atomic E-state index is 0.0734. The minimum Gasteiger partial charge on any atom is -0.410 e. The Labute approximate surface area is 253 Å². The molecule has 0 N–H and O–H groups in total. The summed E-state index contributed by atoms with van der Waals surface area (Å²) in [5, 5.41) is 1.43. The fourth-order valence-corrected chi connectivity index (χ4v) is 6.10. The Morgan fingerprint density at radius 3 is 2.37 bits per heavy atom. The summed E-state index contributed by atoms with van der Waals surface area (Å²) in [5.74, 6) is 0.412. The van der Waals surface area contributed by atoms with Crippen LogP contribution in [-0.4, -0.2) is 65.5 Å². The molecule has 0 radical (unpaired) electrons. The van der Waals surface area contributed by atoms with E-state index in [0.29, 0.717) is 60.6 Å². The third-order valence-electron chi connectivity index (χ3n) is 7.85. The van der Waals surface area contributed by atoms with E-state index in [1.54, 1.807) is 23.2 Å². The molecule has 7 nitrogen and oxygen atoms in total. The second kappa shape index (κ2) is 12.8. The predicted octanol–water partition coefficient (Wildman–Crippen LogP) is 6.91. The molecule has 2 atom stereocenters. The quantitative estimate of drug-likeness (QED) is 0.300. The number of hydrogen-bond donors (Lipinski definition) is 0. The second-order valence-electron chi connectivity index (χ2n) is 10.3. The van der Waals surface area contributed by atoms with Crippen LogP contribution in [0.5, 0.6) is 5.75 Å². The van der Waals surface area contributed by atoms with Crippen LogP contribution in [0.25, 0.3) is 0 Å². The number of carbonyl (C=O) groups excluding carboxylic acids is 2. The molecule has 41 heavy (non-hydrogen) atoms. The molecule has 2 aliphatic rings. The number of carbonyl (C=O) groups is 2. The summed E-state index contributed by atoms with van der Waals surface area (Å²) in [5.41, 5.74) is 0.886. The van der Waals surface area contributed by atoms with Crippen molar-refractivity contribution < 1.29 is 18.7 Å². The first-order valence-corrected chi connectivity index (χ1v) is 14.7. The number of benzene rings is 2. The van der Waals surface area contributed by atoms with Crippen LogP contribution in [0.15, 0.2) is 60.8 Å². The molecule has 11 heteroatoms. The van der Waals surface area contributed by atoms with Crippen LogP contribution >= 0.6 is 34.8 Å². The molecule has 2 amide bonds. The SMILES string of the molecule is CCN(C(=O)Oc1ccc(F)cc1)[C@@H]1CN(C(=O)C2CCN(c3ccc(Cl)cn3)CC2)CC1c1ccc(Cl)c(Cl)c1. The molecule has 216 valence electrons. The Morgan fingerprint density at radius 1 is 1.00 bits per heavy atom. The molecule has 1 aromatic heterocycles. The van der Waals surface area contributed by atoms with Gasteiger partial charge in [-0.25, -0.2) is 14.2 Å². The Balaban J connectivity index is 1.33. The number of aromatic nitrogens is 1. The number of pyridine rings is 1. The molecule has 3 heterocycles. The van der Waals surface area contributed by atoms with Gasteiger partial charge in [-0.05, 0) is 73.9 Å². The highest BCUT2D eigenvalue weighted by Gasteiger charge is 2.43. The average Bonchev–Trinajstić information content (AvgIpc) is 3.41. The van der Waals surface area contributed by atoms with Crippen LogP contribution in [0.1, 0.15) is 31.2 Å². The Morgan fingerprint density at radius 2 is 1.73 bits per heavy atom. The largest absolute Gasteiger partial charge is 0.415 e. The number of piperidine rings is 1. The number of likely N-dealkylation sites (tertiary alicyclic amines) is 1. The Bertz CT molecular complexity index is 1380. The zero-order valence-corrected chi connectivity index (χ0v) is 24.7. The maximum absolute atomic E-state index is 13.8. The molecular formula is C30H30Cl3FN4O3. The van der Waals surface area contributed by atoms with E-state index in [1.165, 1.54) is 24.3 Å². The van der Waals surface area contributed by atoms with Gasteiger partial charge < -0.3 is 19.4 Å². The van der Waals surface area contributed by atoms with E-state index in [0.717, 1.165) is 11.4 Å². The van der Waals surface area contributed by atoms with Crippen molar-refractivity contribution in [2.75, 3.05) is 37.6 Å². The molecule has 5 rings (SSSR count). The fourth-order valence-electron chi connectivity index (χ4n) is 5.68. The number of likely N-dealkylation sites (N-methyl/N-ethyl adjacent to an activating group) is 1. The van der Waals surface area contributed by atoms with Crippen LogP contribution in [0.3, 0.4) is 0 Å². The van der Waals surface area contributed by atoms with Crippen molar-refractivity contribution in [3.63, 3.8) is 0 Å². The van der Waals surface area contributed by atoms with E-state index < -0.39 is 11.9 Å². The lowest BCUT2D eigenvalue weighted by molar-refractivity contribution is -0.135. The van der Waals surface area contributed by atoms with Gasteiger partial charge in [-0.1, -0.05) is 40.9 Å².